The van der Waals surface area contributed by atoms with Crippen LogP contribution in [0.15, 0.2) is 6.07 Å². The highest BCUT2D eigenvalue weighted by Gasteiger charge is 2.23. The van der Waals surface area contributed by atoms with Crippen molar-refractivity contribution < 1.29 is 0 Å². The topological polar surface area (TPSA) is 28.2 Å². The lowest BCUT2D eigenvalue weighted by Gasteiger charge is -2.34. The zero-order valence-electron chi connectivity index (χ0n) is 14.1. The number of rotatable bonds is 5. The third kappa shape index (κ3) is 4.36. The highest BCUT2D eigenvalue weighted by molar-refractivity contribution is 8.00. The second-order valence-electron chi connectivity index (χ2n) is 6.27. The van der Waals surface area contributed by atoms with E-state index in [2.05, 4.69) is 62.7 Å². The summed E-state index contributed by atoms with van der Waals surface area (Å²) < 4.78 is 0. The molecule has 1 aromatic heterocycles. The molecule has 0 spiro atoms. The van der Waals surface area contributed by atoms with Crippen molar-refractivity contribution in [3.05, 3.63) is 22.9 Å². The molecular formula is C17H29N3S. The molecule has 1 fully saturated rings. The van der Waals surface area contributed by atoms with Crippen molar-refractivity contribution >= 4 is 17.6 Å². The maximum absolute atomic E-state index is 4.88. The molecule has 0 amide bonds. The molecule has 0 saturated carbocycles. The standard InChI is InChI=1S/C17H29N3S/c1-6-15-11-20(7-8-21-15)17-16(10-18-12(2)3)13(4)9-14(5)19-17/h9,12,15,18H,6-8,10-11H2,1-5H3. The Bertz CT molecular complexity index is 473. The van der Waals surface area contributed by atoms with E-state index < -0.39 is 0 Å². The summed E-state index contributed by atoms with van der Waals surface area (Å²) in [5.41, 5.74) is 3.86. The molecule has 21 heavy (non-hydrogen) atoms. The molecule has 1 atom stereocenters. The highest BCUT2D eigenvalue weighted by atomic mass is 32.2. The first-order chi connectivity index (χ1) is 10.0. The first kappa shape index (κ1) is 16.6. The van der Waals surface area contributed by atoms with Gasteiger partial charge in [0, 0.05) is 47.9 Å². The highest BCUT2D eigenvalue weighted by Crippen LogP contribution is 2.28. The van der Waals surface area contributed by atoms with E-state index in [1.54, 1.807) is 0 Å². The zero-order chi connectivity index (χ0) is 15.4. The second kappa shape index (κ2) is 7.50. The quantitative estimate of drug-likeness (QED) is 0.901. The summed E-state index contributed by atoms with van der Waals surface area (Å²) in [4.78, 5) is 7.38. The van der Waals surface area contributed by atoms with Crippen LogP contribution in [0.1, 0.15) is 44.0 Å². The normalized spacial score (nSPS) is 19.3. The van der Waals surface area contributed by atoms with Crippen LogP contribution in [0.3, 0.4) is 0 Å². The lowest BCUT2D eigenvalue weighted by Crippen LogP contribution is -2.39. The Hall–Kier alpha value is -0.740. The maximum Gasteiger partial charge on any atom is 0.133 e. The molecule has 0 aliphatic carbocycles. The van der Waals surface area contributed by atoms with Crippen LogP contribution < -0.4 is 10.2 Å². The monoisotopic (exact) mass is 307 g/mol. The molecule has 3 nitrogen and oxygen atoms in total. The van der Waals surface area contributed by atoms with E-state index in [9.17, 15) is 0 Å². The molecule has 4 heteroatoms. The first-order valence-corrected chi connectivity index (χ1v) is 9.13. The van der Waals surface area contributed by atoms with Crippen LogP contribution >= 0.6 is 11.8 Å². The van der Waals surface area contributed by atoms with Gasteiger partial charge in [0.05, 0.1) is 0 Å². The van der Waals surface area contributed by atoms with Gasteiger partial charge in [-0.1, -0.05) is 20.8 Å². The molecule has 0 radical (unpaired) electrons. The van der Waals surface area contributed by atoms with Gasteiger partial charge in [0.2, 0.25) is 0 Å². The molecular weight excluding hydrogens is 278 g/mol. The predicted molar refractivity (Wildman–Crippen MR) is 94.4 cm³/mol. The number of hydrogen-bond acceptors (Lipinski definition) is 4. The van der Waals surface area contributed by atoms with Gasteiger partial charge in [-0.05, 0) is 31.9 Å². The smallest absolute Gasteiger partial charge is 0.133 e. The summed E-state index contributed by atoms with van der Waals surface area (Å²) >= 11 is 2.11. The Morgan fingerprint density at radius 3 is 2.86 bits per heavy atom. The summed E-state index contributed by atoms with van der Waals surface area (Å²) in [5, 5.41) is 4.30. The molecule has 2 rings (SSSR count). The van der Waals surface area contributed by atoms with E-state index in [1.165, 1.54) is 29.1 Å². The SMILES string of the molecule is CCC1CN(c2nc(C)cc(C)c2CNC(C)C)CCS1. The van der Waals surface area contributed by atoms with E-state index in [0.717, 1.165) is 30.6 Å². The fraction of sp³-hybridized carbons (Fsp3) is 0.706. The second-order valence-corrected chi connectivity index (χ2v) is 7.67. The van der Waals surface area contributed by atoms with Gasteiger partial charge >= 0.3 is 0 Å². The van der Waals surface area contributed by atoms with Crippen LogP contribution in [0.25, 0.3) is 0 Å². The third-order valence-electron chi connectivity index (χ3n) is 4.03. The van der Waals surface area contributed by atoms with Gasteiger partial charge in [0.1, 0.15) is 5.82 Å². The lowest BCUT2D eigenvalue weighted by molar-refractivity contribution is 0.584. The van der Waals surface area contributed by atoms with Crippen molar-refractivity contribution in [2.75, 3.05) is 23.7 Å². The molecule has 1 N–H and O–H groups in total. The van der Waals surface area contributed by atoms with Crippen LogP contribution in [0.5, 0.6) is 0 Å². The fourth-order valence-corrected chi connectivity index (χ4v) is 3.97. The van der Waals surface area contributed by atoms with Crippen molar-refractivity contribution in [1.82, 2.24) is 10.3 Å². The van der Waals surface area contributed by atoms with E-state index in [0.29, 0.717) is 6.04 Å². The van der Waals surface area contributed by atoms with Crippen LogP contribution in [0.2, 0.25) is 0 Å². The Labute approximate surface area is 133 Å². The number of hydrogen-bond donors (Lipinski definition) is 1. The average Bonchev–Trinajstić information content (AvgIpc) is 2.45. The largest absolute Gasteiger partial charge is 0.354 e. The fourth-order valence-electron chi connectivity index (χ4n) is 2.79. The van der Waals surface area contributed by atoms with Gasteiger partial charge in [-0.3, -0.25) is 0 Å². The summed E-state index contributed by atoms with van der Waals surface area (Å²) in [7, 11) is 0. The minimum Gasteiger partial charge on any atom is -0.354 e. The minimum absolute atomic E-state index is 0.499. The van der Waals surface area contributed by atoms with E-state index in [4.69, 9.17) is 4.98 Å². The molecule has 0 bridgehead atoms. The Morgan fingerprint density at radius 2 is 2.19 bits per heavy atom. The maximum atomic E-state index is 4.88. The zero-order valence-corrected chi connectivity index (χ0v) is 14.9. The van der Waals surface area contributed by atoms with E-state index in [-0.39, 0.29) is 0 Å². The summed E-state index contributed by atoms with van der Waals surface area (Å²) in [5.74, 6) is 2.42. The molecule has 2 heterocycles. The van der Waals surface area contributed by atoms with Crippen LogP contribution in [0.4, 0.5) is 5.82 Å². The van der Waals surface area contributed by atoms with Crippen LogP contribution in [-0.4, -0.2) is 35.1 Å². The van der Waals surface area contributed by atoms with Gasteiger partial charge in [-0.15, -0.1) is 0 Å². The van der Waals surface area contributed by atoms with Gasteiger partial charge in [-0.2, -0.15) is 11.8 Å². The number of thioether (sulfide) groups is 1. The first-order valence-electron chi connectivity index (χ1n) is 8.08. The summed E-state index contributed by atoms with van der Waals surface area (Å²) in [6.45, 7) is 14.2. The number of anilines is 1. The number of aromatic nitrogens is 1. The predicted octanol–water partition coefficient (Wildman–Crippen LogP) is 3.53. The summed E-state index contributed by atoms with van der Waals surface area (Å²) in [6.07, 6.45) is 1.24. The minimum atomic E-state index is 0.499. The number of nitrogens with zero attached hydrogens (tertiary/aromatic N) is 2. The summed E-state index contributed by atoms with van der Waals surface area (Å²) in [6, 6.07) is 2.70. The molecule has 1 aromatic rings. The van der Waals surface area contributed by atoms with Gasteiger partial charge in [-0.25, -0.2) is 4.98 Å². The number of nitrogens with one attached hydrogen (secondary N) is 1. The molecule has 0 aromatic carbocycles. The van der Waals surface area contributed by atoms with Crippen LogP contribution in [0, 0.1) is 13.8 Å². The van der Waals surface area contributed by atoms with Crippen LogP contribution in [-0.2, 0) is 6.54 Å². The molecule has 1 aliphatic heterocycles. The molecule has 1 aliphatic rings. The van der Waals surface area contributed by atoms with E-state index in [1.807, 2.05) is 0 Å². The lowest BCUT2D eigenvalue weighted by atomic mass is 10.1. The number of pyridine rings is 1. The van der Waals surface area contributed by atoms with Crippen molar-refractivity contribution in [3.63, 3.8) is 0 Å². The average molecular weight is 308 g/mol. The van der Waals surface area contributed by atoms with Crippen molar-refractivity contribution in [2.45, 2.75) is 58.9 Å². The third-order valence-corrected chi connectivity index (χ3v) is 5.41. The van der Waals surface area contributed by atoms with Gasteiger partial charge in [0.15, 0.2) is 0 Å². The van der Waals surface area contributed by atoms with Gasteiger partial charge < -0.3 is 10.2 Å². The Balaban J connectivity index is 2.27. The molecule has 1 saturated heterocycles. The van der Waals surface area contributed by atoms with E-state index >= 15 is 0 Å². The molecule has 1 unspecified atom stereocenters. The van der Waals surface area contributed by atoms with Crippen molar-refractivity contribution in [1.29, 1.82) is 0 Å². The number of aryl methyl sites for hydroxylation is 2. The Kier molecular flexibility index (Phi) is 5.94. The van der Waals surface area contributed by atoms with Crippen molar-refractivity contribution in [3.8, 4) is 0 Å². The molecule has 118 valence electrons. The Morgan fingerprint density at radius 1 is 1.43 bits per heavy atom. The van der Waals surface area contributed by atoms with Gasteiger partial charge in [0.25, 0.3) is 0 Å². The van der Waals surface area contributed by atoms with Crippen molar-refractivity contribution in [2.24, 2.45) is 0 Å².